The molecule has 2 heterocycles. The van der Waals surface area contributed by atoms with Crippen LogP contribution in [0.5, 0.6) is 0 Å². The number of hydrogen-bond acceptors (Lipinski definition) is 4. The first-order valence-electron chi connectivity index (χ1n) is 7.54. The highest BCUT2D eigenvalue weighted by Gasteiger charge is 2.52. The largest absolute Gasteiger partial charge is 0.326 e. The Morgan fingerprint density at radius 1 is 1.22 bits per heavy atom. The molecule has 0 bridgehead atoms. The van der Waals surface area contributed by atoms with E-state index in [0.29, 0.717) is 23.5 Å². The minimum Gasteiger partial charge on any atom is -0.326 e. The molecule has 0 aromatic heterocycles. The van der Waals surface area contributed by atoms with Crippen molar-refractivity contribution >= 4 is 40.9 Å². The van der Waals surface area contributed by atoms with Crippen LogP contribution in [0, 0.1) is 0 Å². The molecule has 2 aliphatic heterocycles. The molecule has 23 heavy (non-hydrogen) atoms. The molecule has 3 amide bonds. The van der Waals surface area contributed by atoms with E-state index in [0.717, 1.165) is 6.42 Å². The van der Waals surface area contributed by atoms with Crippen LogP contribution in [0.3, 0.4) is 0 Å². The Morgan fingerprint density at radius 3 is 2.43 bits per heavy atom. The summed E-state index contributed by atoms with van der Waals surface area (Å²) in [6.45, 7) is 3.47. The van der Waals surface area contributed by atoms with Crippen LogP contribution in [0.15, 0.2) is 24.3 Å². The Hall–Kier alpha value is -2.02. The Labute approximate surface area is 139 Å². The molecule has 1 aromatic rings. The van der Waals surface area contributed by atoms with Crippen LogP contribution < -0.4 is 10.6 Å². The minimum atomic E-state index is -0.421. The second-order valence-corrected chi connectivity index (χ2v) is 7.51. The zero-order chi connectivity index (χ0) is 16.6. The van der Waals surface area contributed by atoms with Gasteiger partial charge in [-0.15, -0.1) is 11.8 Å². The molecule has 7 heteroatoms. The normalized spacial score (nSPS) is 26.1. The summed E-state index contributed by atoms with van der Waals surface area (Å²) in [4.78, 5) is 37.1. The Bertz CT molecular complexity index is 661. The fraction of sp³-hybridized carbons (Fsp3) is 0.438. The van der Waals surface area contributed by atoms with E-state index in [1.807, 2.05) is 6.92 Å². The molecule has 2 aliphatic rings. The molecule has 0 unspecified atom stereocenters. The van der Waals surface area contributed by atoms with Crippen LogP contribution in [-0.4, -0.2) is 39.3 Å². The summed E-state index contributed by atoms with van der Waals surface area (Å²) in [5, 5.41) is 5.53. The molecule has 2 atom stereocenters. The van der Waals surface area contributed by atoms with E-state index in [4.69, 9.17) is 0 Å². The van der Waals surface area contributed by atoms with E-state index in [2.05, 4.69) is 10.6 Å². The lowest BCUT2D eigenvalue weighted by Gasteiger charge is -2.29. The van der Waals surface area contributed by atoms with Crippen molar-refractivity contribution < 1.29 is 14.4 Å². The number of carbonyl (C=O) groups is 3. The standard InChI is InChI=1S/C16H19N3O3S/c1-10(20)17-11-3-5-12(6-4-11)18-15(22)13-9-23-16(2)8-7-14(21)19(13)16/h3-6,13H,7-9H2,1-2H3,(H,17,20)(H,18,22)/t13-,16-/m1/s1. The maximum absolute atomic E-state index is 12.5. The Balaban J connectivity index is 1.67. The number of anilines is 2. The van der Waals surface area contributed by atoms with Gasteiger partial charge in [-0.25, -0.2) is 0 Å². The van der Waals surface area contributed by atoms with E-state index in [-0.39, 0.29) is 22.6 Å². The Kier molecular flexibility index (Phi) is 4.06. The predicted octanol–water partition coefficient (Wildman–Crippen LogP) is 2.04. The average molecular weight is 333 g/mol. The zero-order valence-corrected chi connectivity index (χ0v) is 13.9. The van der Waals surface area contributed by atoms with E-state index >= 15 is 0 Å². The smallest absolute Gasteiger partial charge is 0.248 e. The first kappa shape index (κ1) is 15.9. The fourth-order valence-corrected chi connectivity index (χ4v) is 4.51. The quantitative estimate of drug-likeness (QED) is 0.887. The zero-order valence-electron chi connectivity index (χ0n) is 13.1. The number of benzene rings is 1. The SMILES string of the molecule is CC(=O)Nc1ccc(NC(=O)[C@H]2CS[C@]3(C)CCC(=O)N23)cc1. The maximum Gasteiger partial charge on any atom is 0.248 e. The van der Waals surface area contributed by atoms with Crippen molar-refractivity contribution in [2.45, 2.75) is 37.6 Å². The van der Waals surface area contributed by atoms with Crippen LogP contribution in [-0.2, 0) is 14.4 Å². The van der Waals surface area contributed by atoms with Gasteiger partial charge in [0.05, 0.1) is 4.87 Å². The van der Waals surface area contributed by atoms with Crippen molar-refractivity contribution in [1.29, 1.82) is 0 Å². The highest BCUT2D eigenvalue weighted by atomic mass is 32.2. The van der Waals surface area contributed by atoms with E-state index < -0.39 is 6.04 Å². The molecule has 0 saturated carbocycles. The molecule has 2 N–H and O–H groups in total. The van der Waals surface area contributed by atoms with Crippen molar-refractivity contribution in [3.8, 4) is 0 Å². The van der Waals surface area contributed by atoms with Crippen molar-refractivity contribution in [2.24, 2.45) is 0 Å². The number of nitrogens with one attached hydrogen (secondary N) is 2. The van der Waals surface area contributed by atoms with Gasteiger partial charge in [-0.05, 0) is 37.6 Å². The molecular formula is C16H19N3O3S. The fourth-order valence-electron chi connectivity index (χ4n) is 3.08. The molecule has 6 nitrogen and oxygen atoms in total. The van der Waals surface area contributed by atoms with Crippen LogP contribution in [0.25, 0.3) is 0 Å². The lowest BCUT2D eigenvalue weighted by molar-refractivity contribution is -0.135. The number of amides is 3. The monoisotopic (exact) mass is 333 g/mol. The first-order chi connectivity index (χ1) is 10.9. The van der Waals surface area contributed by atoms with Crippen molar-refractivity contribution in [1.82, 2.24) is 4.90 Å². The van der Waals surface area contributed by atoms with Gasteiger partial charge in [0.15, 0.2) is 0 Å². The number of thioether (sulfide) groups is 1. The van der Waals surface area contributed by atoms with Crippen molar-refractivity contribution in [3.05, 3.63) is 24.3 Å². The summed E-state index contributed by atoms with van der Waals surface area (Å²) in [5.41, 5.74) is 1.32. The average Bonchev–Trinajstić information content (AvgIpc) is 2.98. The molecule has 0 spiro atoms. The second kappa shape index (κ2) is 5.88. The van der Waals surface area contributed by atoms with Crippen LogP contribution in [0.1, 0.15) is 26.7 Å². The molecule has 122 valence electrons. The second-order valence-electron chi connectivity index (χ2n) is 6.01. The van der Waals surface area contributed by atoms with E-state index in [9.17, 15) is 14.4 Å². The minimum absolute atomic E-state index is 0.0543. The third-order valence-corrected chi connectivity index (χ3v) is 5.73. The highest BCUT2D eigenvalue weighted by Crippen LogP contribution is 2.47. The predicted molar refractivity (Wildman–Crippen MR) is 90.1 cm³/mol. The van der Waals surface area contributed by atoms with Gasteiger partial charge < -0.3 is 15.5 Å². The summed E-state index contributed by atoms with van der Waals surface area (Å²) in [5.74, 6) is 0.372. The summed E-state index contributed by atoms with van der Waals surface area (Å²) in [6, 6.07) is 6.50. The topological polar surface area (TPSA) is 78.5 Å². The summed E-state index contributed by atoms with van der Waals surface area (Å²) in [6.07, 6.45) is 1.31. The number of fused-ring (bicyclic) bond motifs is 1. The van der Waals surface area contributed by atoms with Gasteiger partial charge in [0, 0.05) is 30.5 Å². The number of hydrogen-bond donors (Lipinski definition) is 2. The first-order valence-corrected chi connectivity index (χ1v) is 8.52. The summed E-state index contributed by atoms with van der Waals surface area (Å²) >= 11 is 1.67. The maximum atomic E-state index is 12.5. The van der Waals surface area contributed by atoms with E-state index in [1.54, 1.807) is 40.9 Å². The third kappa shape index (κ3) is 3.06. The number of carbonyl (C=O) groups excluding carboxylic acids is 3. The third-order valence-electron chi connectivity index (χ3n) is 4.22. The Morgan fingerprint density at radius 2 is 1.83 bits per heavy atom. The highest BCUT2D eigenvalue weighted by molar-refractivity contribution is 8.01. The van der Waals surface area contributed by atoms with Gasteiger partial charge in [0.2, 0.25) is 17.7 Å². The molecule has 0 radical (unpaired) electrons. The summed E-state index contributed by atoms with van der Waals surface area (Å²) < 4.78 is 0. The molecule has 1 aromatic carbocycles. The lowest BCUT2D eigenvalue weighted by Crippen LogP contribution is -2.48. The molecule has 3 rings (SSSR count). The summed E-state index contributed by atoms with van der Waals surface area (Å²) in [7, 11) is 0. The van der Waals surface area contributed by atoms with Crippen molar-refractivity contribution in [3.63, 3.8) is 0 Å². The number of nitrogens with zero attached hydrogens (tertiary/aromatic N) is 1. The van der Waals surface area contributed by atoms with Gasteiger partial charge in [0.25, 0.3) is 0 Å². The van der Waals surface area contributed by atoms with E-state index in [1.165, 1.54) is 6.92 Å². The molecular weight excluding hydrogens is 314 g/mol. The lowest BCUT2D eigenvalue weighted by atomic mass is 10.2. The van der Waals surface area contributed by atoms with Gasteiger partial charge >= 0.3 is 0 Å². The van der Waals surface area contributed by atoms with Crippen LogP contribution in [0.2, 0.25) is 0 Å². The van der Waals surface area contributed by atoms with Crippen molar-refractivity contribution in [2.75, 3.05) is 16.4 Å². The number of rotatable bonds is 3. The van der Waals surface area contributed by atoms with Gasteiger partial charge in [-0.3, -0.25) is 14.4 Å². The van der Waals surface area contributed by atoms with Gasteiger partial charge in [-0.2, -0.15) is 0 Å². The molecule has 2 fully saturated rings. The van der Waals surface area contributed by atoms with Gasteiger partial charge in [0.1, 0.15) is 6.04 Å². The van der Waals surface area contributed by atoms with Crippen LogP contribution in [0.4, 0.5) is 11.4 Å². The molecule has 2 saturated heterocycles. The molecule has 0 aliphatic carbocycles. The van der Waals surface area contributed by atoms with Gasteiger partial charge in [-0.1, -0.05) is 0 Å². The van der Waals surface area contributed by atoms with Crippen LogP contribution >= 0.6 is 11.8 Å².